The maximum Gasteiger partial charge on any atom is 0.245 e. The summed E-state index contributed by atoms with van der Waals surface area (Å²) in [6, 6.07) is 26.6. The second-order valence-electron chi connectivity index (χ2n) is 6.27. The van der Waals surface area contributed by atoms with Gasteiger partial charge in [0.05, 0.1) is 11.6 Å². The van der Waals surface area contributed by atoms with Crippen LogP contribution in [0.4, 0.5) is 0 Å². The molecule has 5 heteroatoms. The molecule has 0 heterocycles. The lowest BCUT2D eigenvalue weighted by atomic mass is 9.82. The van der Waals surface area contributed by atoms with Crippen LogP contribution in [0.5, 0.6) is 0 Å². The maximum atomic E-state index is 12.0. The largest absolute Gasteiger partial charge is 0.411 e. The lowest BCUT2D eigenvalue weighted by Gasteiger charge is -2.22. The highest BCUT2D eigenvalue weighted by Gasteiger charge is 2.35. The summed E-state index contributed by atoms with van der Waals surface area (Å²) in [7, 11) is 0. The molecule has 0 aliphatic rings. The van der Waals surface area contributed by atoms with Crippen molar-refractivity contribution in [3.8, 4) is 0 Å². The predicted octanol–water partition coefficient (Wildman–Crippen LogP) is 5.06. The van der Waals surface area contributed by atoms with Gasteiger partial charge in [0.1, 0.15) is 0 Å². The summed E-state index contributed by atoms with van der Waals surface area (Å²) in [5.41, 5.74) is 2.63. The second kappa shape index (κ2) is 8.76. The van der Waals surface area contributed by atoms with Crippen LogP contribution in [-0.4, -0.2) is 15.8 Å². The highest BCUT2D eigenvalue weighted by atomic mass is 16.6. The van der Waals surface area contributed by atoms with Gasteiger partial charge in [0.2, 0.25) is 6.04 Å². The number of benzene rings is 3. The average Bonchev–Trinajstić information content (AvgIpc) is 2.72. The van der Waals surface area contributed by atoms with Crippen molar-refractivity contribution < 1.29 is 10.1 Å². The smallest absolute Gasteiger partial charge is 0.245 e. The molecule has 0 unspecified atom stereocenters. The molecule has 0 aliphatic carbocycles. The van der Waals surface area contributed by atoms with E-state index in [-0.39, 0.29) is 11.3 Å². The zero-order valence-corrected chi connectivity index (χ0v) is 14.7. The fraction of sp³-hybridized carbons (Fsp3) is 0.136. The Morgan fingerprint density at radius 2 is 1.33 bits per heavy atom. The van der Waals surface area contributed by atoms with Crippen molar-refractivity contribution in [3.05, 3.63) is 118 Å². The van der Waals surface area contributed by atoms with E-state index in [0.29, 0.717) is 11.3 Å². The van der Waals surface area contributed by atoms with Crippen molar-refractivity contribution in [1.82, 2.24) is 0 Å². The number of oxime groups is 1. The van der Waals surface area contributed by atoms with Gasteiger partial charge in [-0.3, -0.25) is 10.1 Å². The van der Waals surface area contributed by atoms with E-state index in [1.165, 1.54) is 0 Å². The third-order valence-electron chi connectivity index (χ3n) is 4.62. The number of nitrogens with zero attached hydrogens (tertiary/aromatic N) is 2. The van der Waals surface area contributed by atoms with Crippen molar-refractivity contribution in [3.63, 3.8) is 0 Å². The minimum absolute atomic E-state index is 0.241. The topological polar surface area (TPSA) is 75.7 Å². The van der Waals surface area contributed by atoms with E-state index in [1.54, 1.807) is 24.3 Å². The average molecular weight is 360 g/mol. The molecule has 136 valence electrons. The zero-order valence-electron chi connectivity index (χ0n) is 14.7. The van der Waals surface area contributed by atoms with Crippen LogP contribution in [0, 0.1) is 10.1 Å². The van der Waals surface area contributed by atoms with Gasteiger partial charge < -0.3 is 5.21 Å². The van der Waals surface area contributed by atoms with E-state index in [4.69, 9.17) is 0 Å². The lowest BCUT2D eigenvalue weighted by Crippen LogP contribution is -2.22. The van der Waals surface area contributed by atoms with Gasteiger partial charge in [-0.05, 0) is 11.1 Å². The Hall–Kier alpha value is -3.47. The van der Waals surface area contributed by atoms with Crippen molar-refractivity contribution in [1.29, 1.82) is 0 Å². The third kappa shape index (κ3) is 4.39. The fourth-order valence-electron chi connectivity index (χ4n) is 3.32. The molecule has 0 radical (unpaired) electrons. The molecule has 0 amide bonds. The first kappa shape index (κ1) is 18.3. The van der Waals surface area contributed by atoms with Gasteiger partial charge in [-0.25, -0.2) is 0 Å². The number of nitro groups is 1. The molecule has 2 atom stereocenters. The molecule has 3 aromatic rings. The van der Waals surface area contributed by atoms with Crippen LogP contribution in [0.3, 0.4) is 0 Å². The highest BCUT2D eigenvalue weighted by Crippen LogP contribution is 2.37. The number of hydrogen-bond donors (Lipinski definition) is 1. The summed E-state index contributed by atoms with van der Waals surface area (Å²) < 4.78 is 0. The molecule has 3 rings (SSSR count). The first-order valence-corrected chi connectivity index (χ1v) is 8.70. The normalized spacial score (nSPS) is 13.7. The van der Waals surface area contributed by atoms with Gasteiger partial charge in [0.25, 0.3) is 0 Å². The second-order valence-corrected chi connectivity index (χ2v) is 6.27. The standard InChI is InChI=1S/C22H20N2O3/c25-23-21(18-12-6-2-7-13-18)16-20(17-10-4-1-5-11-17)22(24(26)27)19-14-8-3-9-15-19/h1-15,20,22,25H,16H2/b23-21-/t20-,22+/m0/s1. The van der Waals surface area contributed by atoms with Gasteiger partial charge in [0, 0.05) is 16.9 Å². The van der Waals surface area contributed by atoms with Crippen molar-refractivity contribution in [2.45, 2.75) is 18.4 Å². The molecular weight excluding hydrogens is 340 g/mol. The van der Waals surface area contributed by atoms with Crippen LogP contribution >= 0.6 is 0 Å². The zero-order chi connectivity index (χ0) is 19.1. The highest BCUT2D eigenvalue weighted by molar-refractivity contribution is 6.00. The first-order chi connectivity index (χ1) is 13.2. The molecule has 27 heavy (non-hydrogen) atoms. The molecular formula is C22H20N2O3. The van der Waals surface area contributed by atoms with Gasteiger partial charge >= 0.3 is 0 Å². The van der Waals surface area contributed by atoms with Crippen LogP contribution in [-0.2, 0) is 0 Å². The fourth-order valence-corrected chi connectivity index (χ4v) is 3.32. The molecule has 5 nitrogen and oxygen atoms in total. The van der Waals surface area contributed by atoms with Crippen molar-refractivity contribution >= 4 is 5.71 Å². The molecule has 3 aromatic carbocycles. The third-order valence-corrected chi connectivity index (χ3v) is 4.62. The van der Waals surface area contributed by atoms with Gasteiger partial charge in [0.15, 0.2) is 0 Å². The van der Waals surface area contributed by atoms with Crippen LogP contribution in [0.15, 0.2) is 96.2 Å². The van der Waals surface area contributed by atoms with E-state index in [0.717, 1.165) is 11.1 Å². The van der Waals surface area contributed by atoms with E-state index in [2.05, 4.69) is 5.16 Å². The van der Waals surface area contributed by atoms with E-state index >= 15 is 0 Å². The summed E-state index contributed by atoms with van der Waals surface area (Å²) >= 11 is 0. The van der Waals surface area contributed by atoms with E-state index in [9.17, 15) is 15.3 Å². The molecule has 0 aliphatic heterocycles. The lowest BCUT2D eigenvalue weighted by molar-refractivity contribution is -0.533. The van der Waals surface area contributed by atoms with Crippen molar-refractivity contribution in [2.75, 3.05) is 0 Å². The summed E-state index contributed by atoms with van der Waals surface area (Å²) in [5.74, 6) is -0.477. The SMILES string of the molecule is O=[N+]([O-])[C@H](c1ccccc1)[C@@H](C/C(=N/O)c1ccccc1)c1ccccc1. The van der Waals surface area contributed by atoms with Gasteiger partial charge in [-0.1, -0.05) is 96.2 Å². The monoisotopic (exact) mass is 360 g/mol. The number of hydrogen-bond acceptors (Lipinski definition) is 4. The maximum absolute atomic E-state index is 12.0. The molecule has 0 fully saturated rings. The Balaban J connectivity index is 2.04. The minimum atomic E-state index is -0.950. The Kier molecular flexibility index (Phi) is 5.94. The predicted molar refractivity (Wildman–Crippen MR) is 105 cm³/mol. The van der Waals surface area contributed by atoms with Crippen LogP contribution in [0.2, 0.25) is 0 Å². The van der Waals surface area contributed by atoms with Crippen LogP contribution in [0.1, 0.15) is 35.1 Å². The summed E-state index contributed by atoms with van der Waals surface area (Å²) in [6.07, 6.45) is 0.241. The van der Waals surface area contributed by atoms with E-state index in [1.807, 2.05) is 66.7 Å². The molecule has 1 N–H and O–H groups in total. The molecule has 0 aromatic heterocycles. The quantitative estimate of drug-likeness (QED) is 0.277. The van der Waals surface area contributed by atoms with Gasteiger partial charge in [-0.15, -0.1) is 0 Å². The van der Waals surface area contributed by atoms with Crippen LogP contribution in [0.25, 0.3) is 0 Å². The Bertz CT molecular complexity index is 897. The van der Waals surface area contributed by atoms with Crippen molar-refractivity contribution in [2.24, 2.45) is 5.16 Å². The molecule has 0 saturated heterocycles. The van der Waals surface area contributed by atoms with Crippen LogP contribution < -0.4 is 0 Å². The molecule has 0 bridgehead atoms. The van der Waals surface area contributed by atoms with Gasteiger partial charge in [-0.2, -0.15) is 0 Å². The molecule has 0 saturated carbocycles. The Morgan fingerprint density at radius 3 is 1.81 bits per heavy atom. The first-order valence-electron chi connectivity index (χ1n) is 8.70. The summed E-state index contributed by atoms with van der Waals surface area (Å²) in [4.78, 5) is 11.8. The number of rotatable bonds is 7. The summed E-state index contributed by atoms with van der Waals surface area (Å²) in [5, 5.41) is 25.1. The Morgan fingerprint density at radius 1 is 0.852 bits per heavy atom. The molecule has 0 spiro atoms. The minimum Gasteiger partial charge on any atom is -0.411 e. The van der Waals surface area contributed by atoms with E-state index < -0.39 is 12.0 Å². The summed E-state index contributed by atoms with van der Waals surface area (Å²) in [6.45, 7) is 0. The Labute approximate surface area is 157 Å².